The van der Waals surface area contributed by atoms with Gasteiger partial charge in [0.1, 0.15) is 5.02 Å². The summed E-state index contributed by atoms with van der Waals surface area (Å²) in [6, 6.07) is 12.2. The lowest BCUT2D eigenvalue weighted by molar-refractivity contribution is 0.0686. The summed E-state index contributed by atoms with van der Waals surface area (Å²) in [4.78, 5) is 30.5. The van der Waals surface area contributed by atoms with Crippen LogP contribution in [0, 0.1) is 0 Å². The van der Waals surface area contributed by atoms with Crippen molar-refractivity contribution in [1.82, 2.24) is 9.97 Å². The topological polar surface area (TPSA) is 124 Å². The van der Waals surface area contributed by atoms with Gasteiger partial charge >= 0.3 is 11.9 Å². The maximum absolute atomic E-state index is 11.4. The minimum absolute atomic E-state index is 0. The van der Waals surface area contributed by atoms with Gasteiger partial charge in [-0.15, -0.1) is 12.4 Å². The Labute approximate surface area is 180 Å². The maximum atomic E-state index is 11.4. The lowest BCUT2D eigenvalue weighted by Crippen LogP contribution is -2.06. The van der Waals surface area contributed by atoms with Crippen molar-refractivity contribution in [3.05, 3.63) is 69.8 Å². The highest BCUT2D eigenvalue weighted by atomic mass is 35.5. The molecule has 0 unspecified atom stereocenters. The maximum Gasteiger partial charge on any atom is 0.337 e. The number of carboxylic acid groups (broad SMARTS) is 2. The van der Waals surface area contributed by atoms with Gasteiger partial charge in [0, 0.05) is 5.69 Å². The smallest absolute Gasteiger partial charge is 0.337 e. The number of anilines is 4. The third-order valence-corrected chi connectivity index (χ3v) is 4.34. The Morgan fingerprint density at radius 1 is 0.862 bits per heavy atom. The van der Waals surface area contributed by atoms with E-state index in [1.165, 1.54) is 18.2 Å². The molecule has 0 aliphatic carbocycles. The van der Waals surface area contributed by atoms with Crippen molar-refractivity contribution in [2.24, 2.45) is 0 Å². The normalized spacial score (nSPS) is 10.0. The minimum Gasteiger partial charge on any atom is -0.478 e. The molecule has 0 fully saturated rings. The molecule has 4 N–H and O–H groups in total. The number of carboxylic acids is 2. The summed E-state index contributed by atoms with van der Waals surface area (Å²) >= 11 is 12.2. The molecule has 8 nitrogen and oxygen atoms in total. The summed E-state index contributed by atoms with van der Waals surface area (Å²) < 4.78 is 0. The number of nitrogens with one attached hydrogen (secondary N) is 2. The SMILES string of the molecule is Cl.O=C(O)c1ccc(Nc2nc(Cl)c(Cl)c(Nc3ccccc3C(=O)O)n2)cc1. The highest BCUT2D eigenvalue weighted by Crippen LogP contribution is 2.32. The third kappa shape index (κ3) is 5.26. The lowest BCUT2D eigenvalue weighted by Gasteiger charge is -2.13. The predicted octanol–water partition coefficient (Wildman–Crippen LogP) is 5.09. The van der Waals surface area contributed by atoms with Gasteiger partial charge in [-0.2, -0.15) is 9.97 Å². The highest BCUT2D eigenvalue weighted by molar-refractivity contribution is 6.42. The average Bonchev–Trinajstić information content (AvgIpc) is 2.66. The van der Waals surface area contributed by atoms with Crippen LogP contribution in [0.2, 0.25) is 10.2 Å². The summed E-state index contributed by atoms with van der Waals surface area (Å²) in [5.41, 5.74) is 0.976. The van der Waals surface area contributed by atoms with Crippen LogP contribution in [0.3, 0.4) is 0 Å². The molecule has 0 radical (unpaired) electrons. The van der Waals surface area contributed by atoms with E-state index in [-0.39, 0.29) is 51.2 Å². The van der Waals surface area contributed by atoms with Crippen molar-refractivity contribution in [3.8, 4) is 0 Å². The van der Waals surface area contributed by atoms with Gasteiger partial charge in [0.05, 0.1) is 16.8 Å². The fourth-order valence-electron chi connectivity index (χ4n) is 2.29. The zero-order valence-electron chi connectivity index (χ0n) is 14.4. The van der Waals surface area contributed by atoms with Crippen LogP contribution in [0.1, 0.15) is 20.7 Å². The second-order valence-electron chi connectivity index (χ2n) is 5.48. The van der Waals surface area contributed by atoms with Crippen molar-refractivity contribution in [3.63, 3.8) is 0 Å². The van der Waals surface area contributed by atoms with Crippen LogP contribution in [0.15, 0.2) is 48.5 Å². The van der Waals surface area contributed by atoms with Gasteiger partial charge in [-0.05, 0) is 36.4 Å². The average molecular weight is 456 g/mol. The van der Waals surface area contributed by atoms with Gasteiger partial charge in [-0.3, -0.25) is 0 Å². The first-order chi connectivity index (χ1) is 13.3. The Kier molecular flexibility index (Phi) is 7.22. The second kappa shape index (κ2) is 9.42. The van der Waals surface area contributed by atoms with Gasteiger partial charge in [0.15, 0.2) is 11.0 Å². The van der Waals surface area contributed by atoms with Crippen molar-refractivity contribution in [1.29, 1.82) is 0 Å². The molecule has 11 heteroatoms. The molecule has 29 heavy (non-hydrogen) atoms. The zero-order chi connectivity index (χ0) is 20.3. The molecule has 0 saturated heterocycles. The standard InChI is InChI=1S/C18H12Cl2N4O4.ClH/c19-13-14(20)23-18(21-10-7-5-9(6-8-10)16(25)26)24-15(13)22-12-4-2-1-3-11(12)17(27)28;/h1-8H,(H,25,26)(H,27,28)(H2,21,22,23,24);1H. The number of nitrogens with zero attached hydrogens (tertiary/aromatic N) is 2. The fraction of sp³-hybridized carbons (Fsp3) is 0. The van der Waals surface area contributed by atoms with E-state index in [0.717, 1.165) is 0 Å². The van der Waals surface area contributed by atoms with E-state index < -0.39 is 11.9 Å². The molecule has 1 heterocycles. The molecule has 0 aliphatic heterocycles. The van der Waals surface area contributed by atoms with Crippen LogP contribution in [-0.2, 0) is 0 Å². The van der Waals surface area contributed by atoms with E-state index in [1.54, 1.807) is 30.3 Å². The summed E-state index contributed by atoms with van der Waals surface area (Å²) in [5.74, 6) is -1.95. The monoisotopic (exact) mass is 454 g/mol. The van der Waals surface area contributed by atoms with Crippen LogP contribution in [0.25, 0.3) is 0 Å². The zero-order valence-corrected chi connectivity index (χ0v) is 16.7. The van der Waals surface area contributed by atoms with Crippen LogP contribution < -0.4 is 10.6 Å². The minimum atomic E-state index is -1.11. The predicted molar refractivity (Wildman–Crippen MR) is 113 cm³/mol. The summed E-state index contributed by atoms with van der Waals surface area (Å²) in [6.45, 7) is 0. The van der Waals surface area contributed by atoms with Gasteiger partial charge in [-0.1, -0.05) is 35.3 Å². The number of para-hydroxylation sites is 1. The molecule has 150 valence electrons. The first kappa shape index (κ1) is 22.2. The summed E-state index contributed by atoms with van der Waals surface area (Å²) in [6.07, 6.45) is 0. The third-order valence-electron chi connectivity index (χ3n) is 3.61. The number of hydrogen-bond acceptors (Lipinski definition) is 6. The molecular formula is C18H13Cl3N4O4. The lowest BCUT2D eigenvalue weighted by atomic mass is 10.2. The number of benzene rings is 2. The number of aromatic nitrogens is 2. The molecule has 1 aromatic heterocycles. The van der Waals surface area contributed by atoms with Crippen molar-refractivity contribution < 1.29 is 19.8 Å². The second-order valence-corrected chi connectivity index (χ2v) is 6.22. The number of carbonyl (C=O) groups is 2. The van der Waals surface area contributed by atoms with Crippen LogP contribution in [0.5, 0.6) is 0 Å². The molecular weight excluding hydrogens is 443 g/mol. The molecule has 0 saturated carbocycles. The van der Waals surface area contributed by atoms with Crippen molar-refractivity contribution in [2.75, 3.05) is 10.6 Å². The molecule has 0 bridgehead atoms. The molecule has 0 atom stereocenters. The van der Waals surface area contributed by atoms with Crippen LogP contribution in [-0.4, -0.2) is 32.1 Å². The van der Waals surface area contributed by atoms with E-state index in [9.17, 15) is 14.7 Å². The van der Waals surface area contributed by atoms with Crippen LogP contribution in [0.4, 0.5) is 23.1 Å². The van der Waals surface area contributed by atoms with Crippen LogP contribution >= 0.6 is 35.6 Å². The van der Waals surface area contributed by atoms with Gasteiger partial charge in [0.25, 0.3) is 0 Å². The Morgan fingerprint density at radius 2 is 1.52 bits per heavy atom. The van der Waals surface area contributed by atoms with Gasteiger partial charge in [-0.25, -0.2) is 9.59 Å². The van der Waals surface area contributed by atoms with E-state index in [1.807, 2.05) is 0 Å². The Morgan fingerprint density at radius 3 is 2.14 bits per heavy atom. The van der Waals surface area contributed by atoms with E-state index >= 15 is 0 Å². The molecule has 3 aromatic rings. The number of rotatable bonds is 6. The molecule has 0 amide bonds. The summed E-state index contributed by atoms with van der Waals surface area (Å²) in [5, 5.41) is 23.9. The molecule has 0 spiro atoms. The van der Waals surface area contributed by atoms with E-state index in [0.29, 0.717) is 5.69 Å². The number of aromatic carboxylic acids is 2. The Bertz CT molecular complexity index is 1060. The van der Waals surface area contributed by atoms with Gasteiger partial charge in [0.2, 0.25) is 5.95 Å². The molecule has 3 rings (SSSR count). The Hall–Kier alpha value is -3.07. The van der Waals surface area contributed by atoms with Gasteiger partial charge < -0.3 is 20.8 Å². The fourth-order valence-corrected chi connectivity index (χ4v) is 2.59. The molecule has 0 aliphatic rings. The van der Waals surface area contributed by atoms with Crippen molar-refractivity contribution >= 4 is 70.7 Å². The first-order valence-corrected chi connectivity index (χ1v) is 8.53. The van der Waals surface area contributed by atoms with E-state index in [2.05, 4.69) is 20.6 Å². The van der Waals surface area contributed by atoms with Crippen molar-refractivity contribution in [2.45, 2.75) is 0 Å². The number of halogens is 3. The highest BCUT2D eigenvalue weighted by Gasteiger charge is 2.15. The first-order valence-electron chi connectivity index (χ1n) is 7.78. The Balaban J connectivity index is 0.00000300. The summed E-state index contributed by atoms with van der Waals surface area (Å²) in [7, 11) is 0. The quantitative estimate of drug-likeness (QED) is 0.379. The molecule has 2 aromatic carbocycles. The number of hydrogen-bond donors (Lipinski definition) is 4. The largest absolute Gasteiger partial charge is 0.478 e. The van der Waals surface area contributed by atoms with E-state index in [4.69, 9.17) is 28.3 Å².